The maximum atomic E-state index is 12.3. The number of nitrogens with one attached hydrogen (secondary N) is 1. The number of aryl methyl sites for hydroxylation is 3. The van der Waals surface area contributed by atoms with Crippen LogP contribution in [-0.2, 0) is 9.53 Å². The quantitative estimate of drug-likeness (QED) is 0.892. The second-order valence-electron chi connectivity index (χ2n) is 6.34. The molecule has 0 saturated carbocycles. The van der Waals surface area contributed by atoms with Crippen molar-refractivity contribution in [1.82, 2.24) is 4.98 Å². The van der Waals surface area contributed by atoms with Crippen LogP contribution in [0.25, 0.3) is 11.3 Å². The molecule has 1 aliphatic rings. The highest BCUT2D eigenvalue weighted by molar-refractivity contribution is 7.14. The molecule has 0 bridgehead atoms. The SMILES string of the molecule is Cc1cc(C)c(-c2csc(NC(=O)[C@@H]3CC[C@H](CN)O3)n2)cc1C. The summed E-state index contributed by atoms with van der Waals surface area (Å²) in [6, 6.07) is 4.32. The largest absolute Gasteiger partial charge is 0.364 e. The van der Waals surface area contributed by atoms with Crippen LogP contribution < -0.4 is 11.1 Å². The van der Waals surface area contributed by atoms with E-state index in [0.717, 1.165) is 17.7 Å². The Morgan fingerprint density at radius 1 is 1.29 bits per heavy atom. The number of benzene rings is 1. The summed E-state index contributed by atoms with van der Waals surface area (Å²) in [5.74, 6) is -0.136. The van der Waals surface area contributed by atoms with E-state index in [4.69, 9.17) is 10.5 Å². The molecule has 1 fully saturated rings. The van der Waals surface area contributed by atoms with Gasteiger partial charge < -0.3 is 10.5 Å². The first-order chi connectivity index (χ1) is 11.5. The second-order valence-corrected chi connectivity index (χ2v) is 7.20. The van der Waals surface area contributed by atoms with Crippen LogP contribution in [0.5, 0.6) is 0 Å². The number of rotatable bonds is 4. The molecule has 1 aromatic heterocycles. The molecule has 0 unspecified atom stereocenters. The van der Waals surface area contributed by atoms with Gasteiger partial charge in [0.25, 0.3) is 5.91 Å². The Kier molecular flexibility index (Phi) is 4.99. The first-order valence-corrected chi connectivity index (χ1v) is 9.06. The summed E-state index contributed by atoms with van der Waals surface area (Å²) in [4.78, 5) is 16.8. The average molecular weight is 345 g/mol. The van der Waals surface area contributed by atoms with Crippen LogP contribution in [0.1, 0.15) is 29.5 Å². The van der Waals surface area contributed by atoms with E-state index in [1.54, 1.807) is 0 Å². The highest BCUT2D eigenvalue weighted by Crippen LogP contribution is 2.30. The average Bonchev–Trinajstić information content (AvgIpc) is 3.20. The van der Waals surface area contributed by atoms with E-state index in [0.29, 0.717) is 18.1 Å². The van der Waals surface area contributed by atoms with Crippen LogP contribution in [-0.4, -0.2) is 29.6 Å². The van der Waals surface area contributed by atoms with Crippen molar-refractivity contribution in [1.29, 1.82) is 0 Å². The number of hydrogen-bond acceptors (Lipinski definition) is 5. The lowest BCUT2D eigenvalue weighted by Crippen LogP contribution is -2.29. The fourth-order valence-corrected chi connectivity index (χ4v) is 3.66. The molecule has 2 heterocycles. The molecule has 1 amide bonds. The number of ether oxygens (including phenoxy) is 1. The number of aromatic nitrogens is 1. The summed E-state index contributed by atoms with van der Waals surface area (Å²) in [5.41, 5.74) is 11.3. The van der Waals surface area contributed by atoms with E-state index in [1.165, 1.54) is 28.0 Å². The number of nitrogens with zero attached hydrogens (tertiary/aromatic N) is 1. The monoisotopic (exact) mass is 345 g/mol. The van der Waals surface area contributed by atoms with Crippen molar-refractivity contribution in [2.45, 2.75) is 45.8 Å². The maximum Gasteiger partial charge on any atom is 0.255 e. The van der Waals surface area contributed by atoms with E-state index in [9.17, 15) is 4.79 Å². The Morgan fingerprint density at radius 2 is 2.04 bits per heavy atom. The molecule has 0 spiro atoms. The van der Waals surface area contributed by atoms with Gasteiger partial charge in [0.2, 0.25) is 0 Å². The smallest absolute Gasteiger partial charge is 0.255 e. The van der Waals surface area contributed by atoms with Crippen LogP contribution in [0.4, 0.5) is 5.13 Å². The topological polar surface area (TPSA) is 77.2 Å². The molecule has 5 nitrogen and oxygen atoms in total. The zero-order valence-electron chi connectivity index (χ0n) is 14.3. The Balaban J connectivity index is 1.72. The van der Waals surface area contributed by atoms with Crippen molar-refractivity contribution in [2.75, 3.05) is 11.9 Å². The van der Waals surface area contributed by atoms with Gasteiger partial charge in [-0.1, -0.05) is 6.07 Å². The molecule has 1 aliphatic heterocycles. The van der Waals surface area contributed by atoms with Crippen LogP contribution in [0, 0.1) is 20.8 Å². The third-order valence-corrected chi connectivity index (χ3v) is 5.27. The standard InChI is InChI=1S/C18H23N3O2S/c1-10-6-12(3)14(7-11(10)2)15-9-24-18(20-15)21-17(22)16-5-4-13(8-19)23-16/h6-7,9,13,16H,4-5,8,19H2,1-3H3,(H,20,21,22)/t13-,16+/m1/s1. The van der Waals surface area contributed by atoms with Gasteiger partial charge in [-0.05, 0) is 56.4 Å². The van der Waals surface area contributed by atoms with Crippen LogP contribution in [0.2, 0.25) is 0 Å². The van der Waals surface area contributed by atoms with Gasteiger partial charge in [-0.3, -0.25) is 10.1 Å². The molecule has 6 heteroatoms. The van der Waals surface area contributed by atoms with Crippen molar-refractivity contribution in [3.8, 4) is 11.3 Å². The fourth-order valence-electron chi connectivity index (χ4n) is 2.95. The number of nitrogens with two attached hydrogens (primary N) is 1. The number of amides is 1. The molecule has 1 saturated heterocycles. The van der Waals surface area contributed by atoms with Gasteiger partial charge in [0.15, 0.2) is 5.13 Å². The van der Waals surface area contributed by atoms with Gasteiger partial charge in [-0.2, -0.15) is 0 Å². The van der Waals surface area contributed by atoms with Gasteiger partial charge in [-0.25, -0.2) is 4.98 Å². The first-order valence-electron chi connectivity index (χ1n) is 8.18. The molecule has 0 aliphatic carbocycles. The van der Waals surface area contributed by atoms with E-state index >= 15 is 0 Å². The highest BCUT2D eigenvalue weighted by atomic mass is 32.1. The van der Waals surface area contributed by atoms with Crippen LogP contribution in [0.15, 0.2) is 17.5 Å². The lowest BCUT2D eigenvalue weighted by atomic mass is 9.99. The normalized spacial score (nSPS) is 20.3. The second kappa shape index (κ2) is 7.01. The summed E-state index contributed by atoms with van der Waals surface area (Å²) < 4.78 is 5.62. The molecule has 0 radical (unpaired) electrons. The number of carbonyl (C=O) groups excluding carboxylic acids is 1. The number of carbonyl (C=O) groups is 1. The summed E-state index contributed by atoms with van der Waals surface area (Å²) >= 11 is 1.43. The molecule has 1 aromatic carbocycles. The predicted octanol–water partition coefficient (Wildman–Crippen LogP) is 3.18. The zero-order valence-corrected chi connectivity index (χ0v) is 15.1. The molecule has 2 atom stereocenters. The zero-order chi connectivity index (χ0) is 17.3. The molecule has 2 aromatic rings. The van der Waals surface area contributed by atoms with E-state index in [2.05, 4.69) is 43.2 Å². The van der Waals surface area contributed by atoms with Crippen molar-refractivity contribution >= 4 is 22.4 Å². The van der Waals surface area contributed by atoms with Crippen molar-refractivity contribution in [2.24, 2.45) is 5.73 Å². The maximum absolute atomic E-state index is 12.3. The van der Waals surface area contributed by atoms with Crippen molar-refractivity contribution in [3.05, 3.63) is 34.2 Å². The van der Waals surface area contributed by atoms with Crippen molar-refractivity contribution in [3.63, 3.8) is 0 Å². The van der Waals surface area contributed by atoms with Gasteiger partial charge in [-0.15, -0.1) is 11.3 Å². The number of hydrogen-bond donors (Lipinski definition) is 2. The van der Waals surface area contributed by atoms with Crippen molar-refractivity contribution < 1.29 is 9.53 Å². The lowest BCUT2D eigenvalue weighted by molar-refractivity contribution is -0.126. The van der Waals surface area contributed by atoms with E-state index < -0.39 is 6.10 Å². The third kappa shape index (κ3) is 3.50. The fraction of sp³-hybridized carbons (Fsp3) is 0.444. The van der Waals surface area contributed by atoms with Gasteiger partial charge in [0.1, 0.15) is 6.10 Å². The molecular formula is C18H23N3O2S. The lowest BCUT2D eigenvalue weighted by Gasteiger charge is -2.11. The summed E-state index contributed by atoms with van der Waals surface area (Å²) in [6.45, 7) is 6.74. The van der Waals surface area contributed by atoms with Crippen LogP contribution >= 0.6 is 11.3 Å². The van der Waals surface area contributed by atoms with Gasteiger partial charge >= 0.3 is 0 Å². The predicted molar refractivity (Wildman–Crippen MR) is 97.3 cm³/mol. The first kappa shape index (κ1) is 17.1. The number of thiazole rings is 1. The molecule has 3 N–H and O–H groups in total. The van der Waals surface area contributed by atoms with Gasteiger partial charge in [0.05, 0.1) is 11.8 Å². The Morgan fingerprint density at radius 3 is 2.75 bits per heavy atom. The highest BCUT2D eigenvalue weighted by Gasteiger charge is 2.30. The number of anilines is 1. The Labute approximate surface area is 146 Å². The van der Waals surface area contributed by atoms with Gasteiger partial charge in [0, 0.05) is 17.5 Å². The van der Waals surface area contributed by atoms with E-state index in [1.807, 2.05) is 5.38 Å². The minimum atomic E-state index is -0.422. The summed E-state index contributed by atoms with van der Waals surface area (Å²) in [7, 11) is 0. The molecule has 128 valence electrons. The minimum absolute atomic E-state index is 0.00853. The molecule has 3 rings (SSSR count). The third-order valence-electron chi connectivity index (χ3n) is 4.51. The molecular weight excluding hydrogens is 322 g/mol. The summed E-state index contributed by atoms with van der Waals surface area (Å²) in [6.07, 6.45) is 1.11. The summed E-state index contributed by atoms with van der Waals surface area (Å²) in [5, 5.41) is 5.45. The van der Waals surface area contributed by atoms with E-state index in [-0.39, 0.29) is 12.0 Å². The van der Waals surface area contributed by atoms with Crippen LogP contribution in [0.3, 0.4) is 0 Å². The minimum Gasteiger partial charge on any atom is -0.364 e. The Hall–Kier alpha value is -1.76. The molecule has 24 heavy (non-hydrogen) atoms. The Bertz CT molecular complexity index is 757.